The Kier molecular flexibility index (Phi) is 4.83. The predicted molar refractivity (Wildman–Crippen MR) is 71.2 cm³/mol. The predicted octanol–water partition coefficient (Wildman–Crippen LogP) is 1.73. The lowest BCUT2D eigenvalue weighted by Gasteiger charge is -2.25. The van der Waals surface area contributed by atoms with Crippen LogP contribution >= 0.6 is 0 Å². The van der Waals surface area contributed by atoms with Gasteiger partial charge in [0.2, 0.25) is 0 Å². The molecule has 100 valence electrons. The van der Waals surface area contributed by atoms with Gasteiger partial charge in [0.25, 0.3) is 0 Å². The molecule has 3 nitrogen and oxygen atoms in total. The molecule has 1 N–H and O–H groups in total. The Morgan fingerprint density at radius 2 is 2.00 bits per heavy atom. The molecule has 0 aromatic heterocycles. The molecular formula is C14H28N2O. The lowest BCUT2D eigenvalue weighted by Crippen LogP contribution is -2.41. The van der Waals surface area contributed by atoms with Gasteiger partial charge in [0.1, 0.15) is 0 Å². The zero-order chi connectivity index (χ0) is 12.3. The summed E-state index contributed by atoms with van der Waals surface area (Å²) in [4.78, 5) is 2.62. The standard InChI is InChI=1S/C14H28N2O/c1-11-9-16(10-12(11)2)13(3)7-15-8-14-5-4-6-17-14/h11-15H,4-10H2,1-3H3. The van der Waals surface area contributed by atoms with Crippen molar-refractivity contribution in [1.82, 2.24) is 10.2 Å². The van der Waals surface area contributed by atoms with Gasteiger partial charge in [-0.25, -0.2) is 0 Å². The first-order valence-corrected chi connectivity index (χ1v) is 7.23. The normalized spacial score (nSPS) is 36.5. The van der Waals surface area contributed by atoms with E-state index in [1.807, 2.05) is 0 Å². The molecule has 17 heavy (non-hydrogen) atoms. The number of nitrogens with zero attached hydrogens (tertiary/aromatic N) is 1. The molecule has 0 aliphatic carbocycles. The molecule has 0 aromatic rings. The lowest BCUT2D eigenvalue weighted by molar-refractivity contribution is 0.108. The summed E-state index contributed by atoms with van der Waals surface area (Å²) in [5, 5.41) is 3.57. The molecule has 0 radical (unpaired) electrons. The average molecular weight is 240 g/mol. The van der Waals surface area contributed by atoms with Crippen molar-refractivity contribution < 1.29 is 4.74 Å². The van der Waals surface area contributed by atoms with Crippen LogP contribution in [-0.4, -0.2) is 49.8 Å². The van der Waals surface area contributed by atoms with Gasteiger partial charge in [-0.3, -0.25) is 4.90 Å². The molecule has 0 amide bonds. The highest BCUT2D eigenvalue weighted by Crippen LogP contribution is 2.23. The third-order valence-electron chi connectivity index (χ3n) is 4.48. The van der Waals surface area contributed by atoms with Crippen molar-refractivity contribution in [2.24, 2.45) is 11.8 Å². The third-order valence-corrected chi connectivity index (χ3v) is 4.48. The molecule has 0 bridgehead atoms. The van der Waals surface area contributed by atoms with Crippen molar-refractivity contribution in [3.8, 4) is 0 Å². The lowest BCUT2D eigenvalue weighted by atomic mass is 10.0. The fourth-order valence-corrected chi connectivity index (χ4v) is 2.92. The second-order valence-corrected chi connectivity index (χ2v) is 6.05. The number of rotatable bonds is 5. The molecule has 0 spiro atoms. The number of hydrogen-bond acceptors (Lipinski definition) is 3. The Hall–Kier alpha value is -0.120. The van der Waals surface area contributed by atoms with Crippen LogP contribution in [-0.2, 0) is 4.74 Å². The first-order valence-electron chi connectivity index (χ1n) is 7.23. The molecule has 0 saturated carbocycles. The number of hydrogen-bond donors (Lipinski definition) is 1. The Morgan fingerprint density at radius 1 is 1.29 bits per heavy atom. The highest BCUT2D eigenvalue weighted by molar-refractivity contribution is 4.83. The first kappa shape index (κ1) is 13.3. The second-order valence-electron chi connectivity index (χ2n) is 6.05. The van der Waals surface area contributed by atoms with Gasteiger partial charge in [0, 0.05) is 38.8 Å². The minimum Gasteiger partial charge on any atom is -0.377 e. The summed E-state index contributed by atoms with van der Waals surface area (Å²) in [5.74, 6) is 1.71. The summed E-state index contributed by atoms with van der Waals surface area (Å²) in [6.45, 7) is 12.7. The third kappa shape index (κ3) is 3.67. The number of nitrogens with one attached hydrogen (secondary N) is 1. The highest BCUT2D eigenvalue weighted by atomic mass is 16.5. The Morgan fingerprint density at radius 3 is 2.59 bits per heavy atom. The van der Waals surface area contributed by atoms with Crippen molar-refractivity contribution in [2.75, 3.05) is 32.8 Å². The smallest absolute Gasteiger partial charge is 0.0700 e. The van der Waals surface area contributed by atoms with Crippen LogP contribution in [0.3, 0.4) is 0 Å². The van der Waals surface area contributed by atoms with Crippen molar-refractivity contribution in [3.05, 3.63) is 0 Å². The highest BCUT2D eigenvalue weighted by Gasteiger charge is 2.28. The quantitative estimate of drug-likeness (QED) is 0.792. The zero-order valence-electron chi connectivity index (χ0n) is 11.6. The molecule has 4 unspecified atom stereocenters. The van der Waals surface area contributed by atoms with Crippen LogP contribution in [0.5, 0.6) is 0 Å². The largest absolute Gasteiger partial charge is 0.377 e. The minimum absolute atomic E-state index is 0.471. The van der Waals surface area contributed by atoms with Crippen molar-refractivity contribution in [3.63, 3.8) is 0 Å². The maximum Gasteiger partial charge on any atom is 0.0700 e. The van der Waals surface area contributed by atoms with Gasteiger partial charge < -0.3 is 10.1 Å². The maximum absolute atomic E-state index is 5.62. The van der Waals surface area contributed by atoms with Gasteiger partial charge in [-0.2, -0.15) is 0 Å². The van der Waals surface area contributed by atoms with E-state index in [0.717, 1.165) is 31.5 Å². The van der Waals surface area contributed by atoms with Gasteiger partial charge in [-0.15, -0.1) is 0 Å². The van der Waals surface area contributed by atoms with E-state index in [2.05, 4.69) is 31.0 Å². The number of ether oxygens (including phenoxy) is 1. The molecule has 2 aliphatic heterocycles. The fourth-order valence-electron chi connectivity index (χ4n) is 2.92. The van der Waals surface area contributed by atoms with E-state index in [1.165, 1.54) is 25.9 Å². The molecule has 3 heteroatoms. The Bertz CT molecular complexity index is 218. The van der Waals surface area contributed by atoms with Crippen LogP contribution < -0.4 is 5.32 Å². The van der Waals surface area contributed by atoms with Gasteiger partial charge in [0.05, 0.1) is 6.10 Å². The molecular weight excluding hydrogens is 212 g/mol. The van der Waals surface area contributed by atoms with Gasteiger partial charge in [-0.05, 0) is 31.6 Å². The van der Waals surface area contributed by atoms with E-state index in [9.17, 15) is 0 Å². The molecule has 2 saturated heterocycles. The number of likely N-dealkylation sites (tertiary alicyclic amines) is 1. The molecule has 2 heterocycles. The Balaban J connectivity index is 1.62. The van der Waals surface area contributed by atoms with Gasteiger partial charge in [-0.1, -0.05) is 13.8 Å². The minimum atomic E-state index is 0.471. The zero-order valence-corrected chi connectivity index (χ0v) is 11.6. The summed E-state index contributed by atoms with van der Waals surface area (Å²) in [6.07, 6.45) is 2.95. The van der Waals surface area contributed by atoms with Crippen molar-refractivity contribution in [1.29, 1.82) is 0 Å². The van der Waals surface area contributed by atoms with E-state index in [4.69, 9.17) is 4.74 Å². The SMILES string of the molecule is CC1CN(C(C)CNCC2CCCO2)CC1C. The van der Waals surface area contributed by atoms with E-state index in [1.54, 1.807) is 0 Å². The van der Waals surface area contributed by atoms with E-state index < -0.39 is 0 Å². The second kappa shape index (κ2) is 6.17. The Labute approximate surface area is 106 Å². The van der Waals surface area contributed by atoms with Crippen LogP contribution in [0.2, 0.25) is 0 Å². The van der Waals surface area contributed by atoms with Crippen LogP contribution in [0.15, 0.2) is 0 Å². The molecule has 2 aliphatic rings. The van der Waals surface area contributed by atoms with Gasteiger partial charge >= 0.3 is 0 Å². The monoisotopic (exact) mass is 240 g/mol. The summed E-state index contributed by atoms with van der Waals surface area (Å²) in [6, 6.07) is 0.656. The molecule has 2 fully saturated rings. The van der Waals surface area contributed by atoms with Crippen LogP contribution in [0.4, 0.5) is 0 Å². The van der Waals surface area contributed by atoms with E-state index in [0.29, 0.717) is 12.1 Å². The van der Waals surface area contributed by atoms with Crippen molar-refractivity contribution in [2.45, 2.75) is 45.8 Å². The fraction of sp³-hybridized carbons (Fsp3) is 1.00. The first-order chi connectivity index (χ1) is 8.16. The average Bonchev–Trinajstić information content (AvgIpc) is 2.90. The summed E-state index contributed by atoms with van der Waals surface area (Å²) < 4.78 is 5.62. The van der Waals surface area contributed by atoms with Crippen LogP contribution in [0.1, 0.15) is 33.6 Å². The topological polar surface area (TPSA) is 24.5 Å². The van der Waals surface area contributed by atoms with Crippen LogP contribution in [0.25, 0.3) is 0 Å². The van der Waals surface area contributed by atoms with Gasteiger partial charge in [0.15, 0.2) is 0 Å². The van der Waals surface area contributed by atoms with E-state index >= 15 is 0 Å². The van der Waals surface area contributed by atoms with Crippen molar-refractivity contribution >= 4 is 0 Å². The van der Waals surface area contributed by atoms with Crippen LogP contribution in [0, 0.1) is 11.8 Å². The summed E-state index contributed by atoms with van der Waals surface area (Å²) >= 11 is 0. The summed E-state index contributed by atoms with van der Waals surface area (Å²) in [7, 11) is 0. The molecule has 4 atom stereocenters. The molecule has 2 rings (SSSR count). The molecule has 0 aromatic carbocycles. The summed E-state index contributed by atoms with van der Waals surface area (Å²) in [5.41, 5.74) is 0. The van der Waals surface area contributed by atoms with E-state index in [-0.39, 0.29) is 0 Å². The maximum atomic E-state index is 5.62.